The lowest BCUT2D eigenvalue weighted by Crippen LogP contribution is -2.25. The summed E-state index contributed by atoms with van der Waals surface area (Å²) >= 11 is 0. The number of carbonyl (C=O) groups excluding carboxylic acids is 1. The van der Waals surface area contributed by atoms with E-state index in [-0.39, 0.29) is 24.0 Å². The normalized spacial score (nSPS) is 13.1. The number of hydrogen-bond donors (Lipinski definition) is 1. The van der Waals surface area contributed by atoms with Crippen LogP contribution in [-0.4, -0.2) is 83.3 Å². The molecule has 0 aliphatic carbocycles. The van der Waals surface area contributed by atoms with Crippen molar-refractivity contribution in [1.82, 2.24) is 0 Å². The third kappa shape index (κ3) is 26.3. The summed E-state index contributed by atoms with van der Waals surface area (Å²) in [5.41, 5.74) is 18.0. The molecule has 0 spiro atoms. The van der Waals surface area contributed by atoms with Crippen LogP contribution < -0.4 is 4.52 Å². The molecule has 3 rings (SSSR count). The second kappa shape index (κ2) is 33.0. The van der Waals surface area contributed by atoms with Gasteiger partial charge in [-0.05, 0) is 175 Å². The fourth-order valence-electron chi connectivity index (χ4n) is 6.66. The van der Waals surface area contributed by atoms with Gasteiger partial charge in [-0.15, -0.1) is 0 Å². The highest BCUT2D eigenvalue weighted by atomic mass is 31.2. The fraction of sp³-hybridized carbons (Fsp3) is 0.592. The molecule has 1 unspecified atom stereocenters. The Labute approximate surface area is 454 Å². The van der Waals surface area contributed by atoms with Crippen LogP contribution in [-0.2, 0) is 71.9 Å². The fourth-order valence-corrected chi connectivity index (χ4v) is 19.2. The first kappa shape index (κ1) is 71.1. The van der Waals surface area contributed by atoms with E-state index >= 15 is 0 Å². The number of para-hydroxylation sites is 1. The first-order valence-corrected chi connectivity index (χ1v) is 33.3. The average Bonchev–Trinajstić information content (AvgIpc) is 3.26. The Bertz CT molecular complexity index is 2530. The van der Waals surface area contributed by atoms with Gasteiger partial charge >= 0.3 is 43.9 Å². The van der Waals surface area contributed by atoms with E-state index in [4.69, 9.17) is 56.9 Å². The molecule has 0 aromatic heterocycles. The minimum Gasteiger partial charge on any atom is -0.478 e. The zero-order valence-electron chi connectivity index (χ0n) is 47.1. The number of azide groups is 2. The zero-order valence-corrected chi connectivity index (χ0v) is 51.6. The zero-order chi connectivity index (χ0) is 59.1. The van der Waals surface area contributed by atoms with Crippen molar-refractivity contribution in [2.24, 2.45) is 10.00 Å². The smallest absolute Gasteiger partial charge is 0.346 e. The molecule has 28 heteroatoms. The number of hydrogen-bond acceptors (Lipinski definition) is 16. The number of nitrogens with zero attached hydrogens (tertiary/aromatic N) is 6. The number of aromatic carboxylic acids is 1. The number of amides is 1. The molecule has 1 atom stereocenters. The van der Waals surface area contributed by atoms with Crippen LogP contribution in [0.4, 0.5) is 0 Å². The van der Waals surface area contributed by atoms with Crippen LogP contribution in [0.3, 0.4) is 0 Å². The van der Waals surface area contributed by atoms with Crippen LogP contribution in [0.1, 0.15) is 143 Å². The van der Waals surface area contributed by atoms with Gasteiger partial charge < -0.3 is 45.8 Å². The van der Waals surface area contributed by atoms with Gasteiger partial charge in [0.2, 0.25) is 5.91 Å². The summed E-state index contributed by atoms with van der Waals surface area (Å²) < 4.78 is 119. The SMILES string of the molecule is CC(C)OP(=O)(OC(C)C)C(Cc1ccc(C(=O)N=[N+]=[N-])cc1)P(=O)(OC(C)C)OC(C)C.CC(C)OP(=O)(OC(C)C)C(Cc1ccc(C(=O)O)cc1)P(=O)(OC(C)C)OC(C)C.CP(=O)(N=[N+]=[N-])Oc1ccccc1. The molecule has 432 valence electrons. The van der Waals surface area contributed by atoms with E-state index in [0.717, 1.165) is 0 Å². The number of benzene rings is 3. The van der Waals surface area contributed by atoms with Crippen molar-refractivity contribution in [2.75, 3.05) is 6.66 Å². The van der Waals surface area contributed by atoms with Gasteiger partial charge in [0, 0.05) is 26.9 Å². The lowest BCUT2D eigenvalue weighted by atomic mass is 10.1. The summed E-state index contributed by atoms with van der Waals surface area (Å²) in [5.74, 6) is -1.35. The highest BCUT2D eigenvalue weighted by Crippen LogP contribution is 2.74. The maximum Gasteiger partial charge on any atom is 0.346 e. The van der Waals surface area contributed by atoms with Crippen LogP contribution in [0.5, 0.6) is 5.75 Å². The highest BCUT2D eigenvalue weighted by Gasteiger charge is 2.54. The maximum absolute atomic E-state index is 14.1. The van der Waals surface area contributed by atoms with E-state index in [1.54, 1.807) is 165 Å². The van der Waals surface area contributed by atoms with Gasteiger partial charge in [-0.1, -0.05) is 54.6 Å². The predicted molar refractivity (Wildman–Crippen MR) is 298 cm³/mol. The Balaban J connectivity index is 0.000000626. The van der Waals surface area contributed by atoms with E-state index < -0.39 is 109 Å². The topological polar surface area (TPSA) is 320 Å². The molecule has 0 fully saturated rings. The molecule has 0 aliphatic rings. The van der Waals surface area contributed by atoms with Gasteiger partial charge in [0.1, 0.15) is 5.75 Å². The lowest BCUT2D eigenvalue weighted by Gasteiger charge is -2.35. The summed E-state index contributed by atoms with van der Waals surface area (Å²) in [6.07, 6.45) is -3.81. The Kier molecular flexibility index (Phi) is 30.4. The van der Waals surface area contributed by atoms with E-state index in [9.17, 15) is 32.4 Å². The first-order chi connectivity index (χ1) is 35.5. The standard InChI is InChI=1S/C21H35N3O7P2.C21H36O8P2.C7H8N3O2P/c1-14(2)28-32(26,29-15(3)4)20(33(27,30-16(5)6)31-17(7)8)13-18-9-11-19(12-10-18)21(25)23-24-22;1-14(2)26-30(24,27-15(3)4)20(31(25,28-16(5)6)29-17(7)8)13-18-9-11-19(12-10-18)21(22)23;1-13(11,10-9-8)12-7-5-3-2-4-6-7/h9-12,14-17,20H,13H2,1-8H3;9-12,14-17,20H,13H2,1-8H3,(H,22,23);2-6H,1H3. The molecule has 0 saturated heterocycles. The van der Waals surface area contributed by atoms with Crippen molar-refractivity contribution in [3.63, 3.8) is 0 Å². The van der Waals surface area contributed by atoms with E-state index in [1.165, 1.54) is 30.9 Å². The van der Waals surface area contributed by atoms with Gasteiger partial charge in [-0.25, -0.2) is 4.79 Å². The Morgan fingerprint density at radius 2 is 0.753 bits per heavy atom. The minimum absolute atomic E-state index is 0.00661. The third-order valence-electron chi connectivity index (χ3n) is 8.92. The number of carbonyl (C=O) groups is 2. The summed E-state index contributed by atoms with van der Waals surface area (Å²) in [4.78, 5) is 31.0. The highest BCUT2D eigenvalue weighted by molar-refractivity contribution is 7.73. The molecule has 1 N–H and O–H groups in total. The molecule has 3 aromatic carbocycles. The van der Waals surface area contributed by atoms with E-state index in [1.807, 2.05) is 0 Å². The van der Waals surface area contributed by atoms with Gasteiger partial charge in [0.25, 0.3) is 0 Å². The number of carboxylic acids is 1. The van der Waals surface area contributed by atoms with Crippen molar-refractivity contribution in [2.45, 2.75) is 183 Å². The monoisotopic (exact) mass is 1180 g/mol. The van der Waals surface area contributed by atoms with Crippen LogP contribution in [0.2, 0.25) is 0 Å². The third-order valence-corrected chi connectivity index (χ3v) is 22.6. The van der Waals surface area contributed by atoms with Gasteiger partial charge in [0.15, 0.2) is 10.8 Å². The van der Waals surface area contributed by atoms with E-state index in [2.05, 4.69) is 19.8 Å². The maximum atomic E-state index is 14.1. The Morgan fingerprint density at radius 3 is 1.00 bits per heavy atom. The van der Waals surface area contributed by atoms with Crippen LogP contribution in [0.25, 0.3) is 20.9 Å². The van der Waals surface area contributed by atoms with Crippen molar-refractivity contribution in [1.29, 1.82) is 0 Å². The van der Waals surface area contributed by atoms with Gasteiger partial charge in [-0.3, -0.25) is 27.6 Å². The second-order valence-electron chi connectivity index (χ2n) is 19.3. The van der Waals surface area contributed by atoms with Gasteiger partial charge in [0.05, 0.1) is 54.4 Å². The molecule has 1 amide bonds. The Morgan fingerprint density at radius 1 is 0.468 bits per heavy atom. The minimum atomic E-state index is -4.03. The Hall–Kier alpha value is -3.95. The van der Waals surface area contributed by atoms with Crippen LogP contribution >= 0.6 is 37.9 Å². The molecule has 0 heterocycles. The summed E-state index contributed by atoms with van der Waals surface area (Å²) in [5, 5.41) is 9.73. The van der Waals surface area contributed by atoms with Crippen molar-refractivity contribution in [3.05, 3.63) is 122 Å². The lowest BCUT2D eigenvalue weighted by molar-refractivity contribution is 0.0695. The molecule has 0 saturated carbocycles. The number of rotatable bonds is 29. The number of carboxylic acid groups (broad SMARTS) is 1. The molecule has 0 radical (unpaired) electrons. The average molecular weight is 1180 g/mol. The molecule has 23 nitrogen and oxygen atoms in total. The summed E-state index contributed by atoms with van der Waals surface area (Å²) in [6, 6.07) is 20.7. The van der Waals surface area contributed by atoms with E-state index in [0.29, 0.717) is 16.9 Å². The molecular formula is C49H79N6O17P5. The second-order valence-corrected chi connectivity index (χ2v) is 30.6. The molecule has 77 heavy (non-hydrogen) atoms. The largest absolute Gasteiger partial charge is 0.478 e. The summed E-state index contributed by atoms with van der Waals surface area (Å²) in [7, 11) is -19.3. The molecule has 3 aromatic rings. The molecule has 0 aliphatic heterocycles. The quantitative estimate of drug-likeness (QED) is 0.0292. The first-order valence-electron chi connectivity index (χ1n) is 24.8. The van der Waals surface area contributed by atoms with Crippen LogP contribution in [0, 0.1) is 0 Å². The predicted octanol–water partition coefficient (Wildman–Crippen LogP) is 16.6. The van der Waals surface area contributed by atoms with Crippen molar-refractivity contribution in [3.8, 4) is 5.75 Å². The van der Waals surface area contributed by atoms with Crippen molar-refractivity contribution >= 4 is 49.8 Å². The summed E-state index contributed by atoms with van der Waals surface area (Å²) in [6.45, 7) is 28.7. The van der Waals surface area contributed by atoms with Gasteiger partial charge in [-0.2, -0.15) is 0 Å². The van der Waals surface area contributed by atoms with Crippen molar-refractivity contribution < 1.29 is 78.2 Å². The van der Waals surface area contributed by atoms with Crippen LogP contribution in [0.15, 0.2) is 88.9 Å². The molecular weight excluding hydrogens is 1100 g/mol. The molecule has 0 bridgehead atoms.